The number of aryl methyl sites for hydroxylation is 1. The minimum absolute atomic E-state index is 0.0160. The molecule has 0 saturated carbocycles. The van der Waals surface area contributed by atoms with Crippen LogP contribution in [0.4, 0.5) is 11.4 Å². The number of methoxy groups -OCH3 is 2. The molecule has 0 aromatic heterocycles. The molecule has 1 aliphatic rings. The summed E-state index contributed by atoms with van der Waals surface area (Å²) in [6, 6.07) is 8.95. The Bertz CT molecular complexity index is 863. The molecule has 5 nitrogen and oxygen atoms in total. The topological polar surface area (TPSA) is 55.8 Å². The summed E-state index contributed by atoms with van der Waals surface area (Å²) in [6.45, 7) is 1.91. The second-order valence-corrected chi connectivity index (χ2v) is 6.68. The van der Waals surface area contributed by atoms with Crippen LogP contribution in [0.2, 0.25) is 0 Å². The van der Waals surface area contributed by atoms with Crippen LogP contribution in [-0.4, -0.2) is 26.1 Å². The van der Waals surface area contributed by atoms with E-state index in [0.29, 0.717) is 29.8 Å². The van der Waals surface area contributed by atoms with Crippen molar-refractivity contribution < 1.29 is 19.1 Å². The van der Waals surface area contributed by atoms with E-state index >= 15 is 0 Å². The van der Waals surface area contributed by atoms with Crippen LogP contribution >= 0.6 is 15.9 Å². The molecular weight excluding hydrogens is 386 g/mol. The first kappa shape index (κ1) is 17.5. The quantitative estimate of drug-likeness (QED) is 0.721. The third-order valence-electron chi connectivity index (χ3n) is 4.33. The average Bonchev–Trinajstić information content (AvgIpc) is 2.61. The highest BCUT2D eigenvalue weighted by Gasteiger charge is 2.29. The van der Waals surface area contributed by atoms with E-state index in [9.17, 15) is 9.59 Å². The van der Waals surface area contributed by atoms with Gasteiger partial charge in [-0.2, -0.15) is 0 Å². The van der Waals surface area contributed by atoms with Crippen molar-refractivity contribution in [2.75, 3.05) is 19.1 Å². The Kier molecular flexibility index (Phi) is 4.81. The molecule has 0 N–H and O–H groups in total. The van der Waals surface area contributed by atoms with Gasteiger partial charge in [0.25, 0.3) is 0 Å². The molecule has 3 rings (SSSR count). The molecule has 0 bridgehead atoms. The predicted octanol–water partition coefficient (Wildman–Crippen LogP) is 4.16. The smallest absolute Gasteiger partial charge is 0.337 e. The third kappa shape index (κ3) is 3.14. The minimum Gasteiger partial charge on any atom is -0.497 e. The molecule has 0 unspecified atom stereocenters. The Morgan fingerprint density at radius 2 is 1.88 bits per heavy atom. The maximum Gasteiger partial charge on any atom is 0.337 e. The van der Waals surface area contributed by atoms with Crippen molar-refractivity contribution in [3.63, 3.8) is 0 Å². The first-order chi connectivity index (χ1) is 12.0. The van der Waals surface area contributed by atoms with E-state index in [0.717, 1.165) is 21.3 Å². The van der Waals surface area contributed by atoms with Gasteiger partial charge in [-0.25, -0.2) is 4.79 Å². The largest absolute Gasteiger partial charge is 0.497 e. The van der Waals surface area contributed by atoms with Crippen LogP contribution < -0.4 is 9.64 Å². The summed E-state index contributed by atoms with van der Waals surface area (Å²) in [7, 11) is 2.93. The molecule has 0 saturated heterocycles. The van der Waals surface area contributed by atoms with Gasteiger partial charge >= 0.3 is 5.97 Å². The number of halogens is 1. The fourth-order valence-corrected chi connectivity index (χ4v) is 3.63. The lowest BCUT2D eigenvalue weighted by molar-refractivity contribution is -0.118. The van der Waals surface area contributed by atoms with Crippen LogP contribution in [0.25, 0.3) is 0 Å². The molecule has 0 spiro atoms. The molecular formula is C19H18BrNO4. The van der Waals surface area contributed by atoms with Gasteiger partial charge in [-0.1, -0.05) is 22.0 Å². The SMILES string of the molecule is COC(=O)c1ccc(C)c(N2C(=O)CCc3c(Br)cc(OC)cc32)c1. The fourth-order valence-electron chi connectivity index (χ4n) is 3.00. The van der Waals surface area contributed by atoms with Crippen molar-refractivity contribution in [3.8, 4) is 5.75 Å². The van der Waals surface area contributed by atoms with Gasteiger partial charge in [-0.3, -0.25) is 9.69 Å². The lowest BCUT2D eigenvalue weighted by atomic mass is 9.98. The predicted molar refractivity (Wildman–Crippen MR) is 98.7 cm³/mol. The van der Waals surface area contributed by atoms with Gasteiger partial charge in [0.1, 0.15) is 5.75 Å². The number of benzene rings is 2. The summed E-state index contributed by atoms with van der Waals surface area (Å²) in [5.74, 6) is 0.211. The highest BCUT2D eigenvalue weighted by molar-refractivity contribution is 9.10. The van der Waals surface area contributed by atoms with Crippen LogP contribution in [0.15, 0.2) is 34.8 Å². The van der Waals surface area contributed by atoms with Crippen molar-refractivity contribution >= 4 is 39.2 Å². The summed E-state index contributed by atoms with van der Waals surface area (Å²) in [4.78, 5) is 26.3. The molecule has 6 heteroatoms. The Labute approximate surface area is 154 Å². The molecule has 1 heterocycles. The fraction of sp³-hybridized carbons (Fsp3) is 0.263. The molecule has 0 fully saturated rings. The summed E-state index contributed by atoms with van der Waals surface area (Å²) < 4.78 is 11.1. The maximum atomic E-state index is 12.7. The number of anilines is 2. The number of esters is 1. The summed E-state index contributed by atoms with van der Waals surface area (Å²) in [6.07, 6.45) is 1.06. The third-order valence-corrected chi connectivity index (χ3v) is 5.04. The lowest BCUT2D eigenvalue weighted by Gasteiger charge is -2.31. The molecule has 0 radical (unpaired) electrons. The van der Waals surface area contributed by atoms with Crippen LogP contribution in [0.5, 0.6) is 5.75 Å². The van der Waals surface area contributed by atoms with Gasteiger partial charge in [0.05, 0.1) is 31.2 Å². The van der Waals surface area contributed by atoms with Crippen molar-refractivity contribution in [1.29, 1.82) is 0 Å². The number of hydrogen-bond donors (Lipinski definition) is 0. The highest BCUT2D eigenvalue weighted by Crippen LogP contribution is 2.41. The second-order valence-electron chi connectivity index (χ2n) is 5.83. The van der Waals surface area contributed by atoms with Crippen molar-refractivity contribution in [2.45, 2.75) is 19.8 Å². The van der Waals surface area contributed by atoms with Crippen LogP contribution in [-0.2, 0) is 16.0 Å². The van der Waals surface area contributed by atoms with E-state index in [2.05, 4.69) is 15.9 Å². The molecule has 0 aliphatic carbocycles. The zero-order valence-electron chi connectivity index (χ0n) is 14.3. The Hall–Kier alpha value is -2.34. The first-order valence-electron chi connectivity index (χ1n) is 7.84. The van der Waals surface area contributed by atoms with E-state index < -0.39 is 5.97 Å². The van der Waals surface area contributed by atoms with Crippen LogP contribution in [0.3, 0.4) is 0 Å². The number of carbonyl (C=O) groups excluding carboxylic acids is 2. The van der Waals surface area contributed by atoms with Crippen molar-refractivity contribution in [1.82, 2.24) is 0 Å². The first-order valence-corrected chi connectivity index (χ1v) is 8.64. The minimum atomic E-state index is -0.433. The van der Waals surface area contributed by atoms with Crippen molar-refractivity contribution in [2.24, 2.45) is 0 Å². The number of amides is 1. The van der Waals surface area contributed by atoms with Gasteiger partial charge in [-0.15, -0.1) is 0 Å². The van der Waals surface area contributed by atoms with Crippen LogP contribution in [0, 0.1) is 6.92 Å². The van der Waals surface area contributed by atoms with E-state index in [1.54, 1.807) is 24.1 Å². The monoisotopic (exact) mass is 403 g/mol. The zero-order valence-corrected chi connectivity index (χ0v) is 15.8. The van der Waals surface area contributed by atoms with Gasteiger partial charge in [0, 0.05) is 17.0 Å². The molecule has 2 aromatic rings. The number of nitrogens with zero attached hydrogens (tertiary/aromatic N) is 1. The number of carbonyl (C=O) groups is 2. The summed E-state index contributed by atoms with van der Waals surface area (Å²) in [5, 5.41) is 0. The van der Waals surface area contributed by atoms with Gasteiger partial charge in [-0.05, 0) is 42.7 Å². The molecule has 130 valence electrons. The highest BCUT2D eigenvalue weighted by atomic mass is 79.9. The number of rotatable bonds is 3. The average molecular weight is 404 g/mol. The summed E-state index contributed by atoms with van der Waals surface area (Å²) in [5.41, 5.74) is 3.79. The Balaban J connectivity index is 2.20. The van der Waals surface area contributed by atoms with Crippen LogP contribution in [0.1, 0.15) is 27.9 Å². The molecule has 1 aliphatic heterocycles. The van der Waals surface area contributed by atoms with E-state index in [1.165, 1.54) is 7.11 Å². The zero-order chi connectivity index (χ0) is 18.1. The van der Waals surface area contributed by atoms with E-state index in [-0.39, 0.29) is 5.91 Å². The summed E-state index contributed by atoms with van der Waals surface area (Å²) >= 11 is 3.57. The van der Waals surface area contributed by atoms with E-state index in [1.807, 2.05) is 25.1 Å². The molecule has 25 heavy (non-hydrogen) atoms. The number of hydrogen-bond acceptors (Lipinski definition) is 4. The Morgan fingerprint density at radius 1 is 1.12 bits per heavy atom. The molecule has 2 aromatic carbocycles. The number of ether oxygens (including phenoxy) is 2. The van der Waals surface area contributed by atoms with Crippen molar-refractivity contribution in [3.05, 3.63) is 51.5 Å². The molecule has 0 atom stereocenters. The maximum absolute atomic E-state index is 12.7. The molecule has 1 amide bonds. The Morgan fingerprint density at radius 3 is 2.56 bits per heavy atom. The second kappa shape index (κ2) is 6.88. The van der Waals surface area contributed by atoms with Gasteiger partial charge in [0.2, 0.25) is 5.91 Å². The lowest BCUT2D eigenvalue weighted by Crippen LogP contribution is -2.31. The van der Waals surface area contributed by atoms with E-state index in [4.69, 9.17) is 9.47 Å². The normalized spacial score (nSPS) is 13.4. The van der Waals surface area contributed by atoms with Gasteiger partial charge < -0.3 is 9.47 Å². The van der Waals surface area contributed by atoms with Gasteiger partial charge in [0.15, 0.2) is 0 Å². The standard InChI is InChI=1S/C19H18BrNO4/c1-11-4-5-12(19(23)25-3)8-16(11)21-17-10-13(24-2)9-15(20)14(17)6-7-18(21)22/h4-5,8-10H,6-7H2,1-3H3. The number of fused-ring (bicyclic) bond motifs is 1.